The Hall–Kier alpha value is -3.54. The maximum Gasteiger partial charge on any atom is 0.303 e. The topological polar surface area (TPSA) is 36.4 Å². The Morgan fingerprint density at radius 2 is 0.580 bits per heavy atom. The molecule has 2 aromatic carbocycles. The molecule has 0 bridgehead atoms. The lowest BCUT2D eigenvalue weighted by Gasteiger charge is -2.22. The molecule has 0 atom stereocenters. The van der Waals surface area contributed by atoms with Crippen molar-refractivity contribution in [2.24, 2.45) is 0 Å². The summed E-state index contributed by atoms with van der Waals surface area (Å²) in [6.45, 7) is 9.17. The van der Waals surface area contributed by atoms with Crippen LogP contribution in [-0.4, -0.2) is 10.7 Å². The third-order valence-electron chi connectivity index (χ3n) is 17.3. The van der Waals surface area contributed by atoms with E-state index in [-0.39, 0.29) is 0 Å². The van der Waals surface area contributed by atoms with Crippen molar-refractivity contribution in [3.63, 3.8) is 0 Å². The molecular formula is C79H130N2. The molecule has 0 saturated heterocycles. The molecule has 0 fully saturated rings. The predicted molar refractivity (Wildman–Crippen MR) is 361 cm³/mol. The van der Waals surface area contributed by atoms with Crippen LogP contribution < -0.4 is 0 Å². The summed E-state index contributed by atoms with van der Waals surface area (Å²) < 4.78 is 0. The van der Waals surface area contributed by atoms with Gasteiger partial charge in [-0.15, -0.1) is 28.5 Å². The van der Waals surface area contributed by atoms with Gasteiger partial charge in [0, 0.05) is 25.7 Å². The fourth-order valence-electron chi connectivity index (χ4n) is 12.1. The van der Waals surface area contributed by atoms with E-state index in [1.54, 1.807) is 0 Å². The van der Waals surface area contributed by atoms with Crippen molar-refractivity contribution in [1.29, 1.82) is 0 Å². The lowest BCUT2D eigenvalue weighted by molar-refractivity contribution is 0.00739. The fraction of sp³-hybridized carbons (Fsp3) is 0.747. The van der Waals surface area contributed by atoms with Crippen molar-refractivity contribution in [2.75, 3.05) is 0 Å². The van der Waals surface area contributed by atoms with Gasteiger partial charge in [-0.1, -0.05) is 352 Å². The summed E-state index contributed by atoms with van der Waals surface area (Å²) in [6, 6.07) is 18.2. The SMILES string of the molecule is CCCCCCCCCCCCCCCCCCCCC#CCCc1ccccc1C(=C(CCCC)C(=C=[N+]=[N-])CCCCCC)c1ccccc1CCC#CCCCCCCCCCCCCCCCCCCCCCCCCC. The normalized spacial score (nSPS) is 11.4. The zero-order chi connectivity index (χ0) is 57.8. The van der Waals surface area contributed by atoms with Crippen molar-refractivity contribution in [3.8, 4) is 23.7 Å². The first-order valence-corrected chi connectivity index (χ1v) is 36.0. The molecule has 0 unspecified atom stereocenters. The van der Waals surface area contributed by atoms with Crippen molar-refractivity contribution < 1.29 is 4.79 Å². The largest absolute Gasteiger partial charge is 0.348 e. The Morgan fingerprint density at radius 1 is 0.309 bits per heavy atom. The van der Waals surface area contributed by atoms with Crippen molar-refractivity contribution in [2.45, 2.75) is 381 Å². The van der Waals surface area contributed by atoms with Crippen LogP contribution in [0.5, 0.6) is 0 Å². The second-order valence-electron chi connectivity index (χ2n) is 24.8. The van der Waals surface area contributed by atoms with E-state index < -0.39 is 0 Å². The van der Waals surface area contributed by atoms with Crippen LogP contribution in [0.2, 0.25) is 0 Å². The first kappa shape index (κ1) is 73.6. The van der Waals surface area contributed by atoms with E-state index in [0.29, 0.717) is 0 Å². The molecule has 2 rings (SSSR count). The van der Waals surface area contributed by atoms with Gasteiger partial charge in [-0.05, 0) is 84.8 Å². The molecule has 0 heterocycles. The average Bonchev–Trinajstić information content (AvgIpc) is 3.56. The molecule has 456 valence electrons. The van der Waals surface area contributed by atoms with Gasteiger partial charge < -0.3 is 5.53 Å². The van der Waals surface area contributed by atoms with Gasteiger partial charge in [0.25, 0.3) is 0 Å². The summed E-state index contributed by atoms with van der Waals surface area (Å²) in [6.07, 6.45) is 72.3. The quantitative estimate of drug-likeness (QED) is 0.0158. The van der Waals surface area contributed by atoms with E-state index in [9.17, 15) is 5.53 Å². The van der Waals surface area contributed by atoms with Gasteiger partial charge in [0.05, 0.1) is 5.57 Å². The summed E-state index contributed by atoms with van der Waals surface area (Å²) in [7, 11) is 0. The second-order valence-corrected chi connectivity index (χ2v) is 24.8. The highest BCUT2D eigenvalue weighted by atomic mass is 14.8. The number of hydrogen-bond acceptors (Lipinski definition) is 0. The van der Waals surface area contributed by atoms with Gasteiger partial charge >= 0.3 is 5.87 Å². The molecule has 0 saturated carbocycles. The lowest BCUT2D eigenvalue weighted by atomic mass is 9.81. The Labute approximate surface area is 505 Å². The predicted octanol–water partition coefficient (Wildman–Crippen LogP) is 26.2. The molecule has 0 aliphatic heterocycles. The zero-order valence-corrected chi connectivity index (χ0v) is 54.4. The Morgan fingerprint density at radius 3 is 0.889 bits per heavy atom. The minimum atomic E-state index is 0.863. The second kappa shape index (κ2) is 58.2. The Bertz CT molecular complexity index is 1980. The van der Waals surface area contributed by atoms with Crippen LogP contribution in [-0.2, 0) is 12.8 Å². The number of hydrogen-bond donors (Lipinski definition) is 0. The highest BCUT2D eigenvalue weighted by molar-refractivity contribution is 5.89. The van der Waals surface area contributed by atoms with Crippen LogP contribution in [0.3, 0.4) is 0 Å². The van der Waals surface area contributed by atoms with Gasteiger partial charge in [0.2, 0.25) is 0 Å². The number of benzene rings is 2. The summed E-state index contributed by atoms with van der Waals surface area (Å²) in [4.78, 5) is 3.60. The van der Waals surface area contributed by atoms with Crippen LogP contribution in [0.25, 0.3) is 11.1 Å². The molecule has 2 heteroatoms. The van der Waals surface area contributed by atoms with Gasteiger partial charge in [-0.2, -0.15) is 0 Å². The van der Waals surface area contributed by atoms with E-state index >= 15 is 0 Å². The molecule has 0 N–H and O–H groups in total. The molecular weight excluding hydrogens is 977 g/mol. The van der Waals surface area contributed by atoms with E-state index in [4.69, 9.17) is 0 Å². The molecule has 0 amide bonds. The van der Waals surface area contributed by atoms with E-state index in [1.165, 1.54) is 316 Å². The minimum Gasteiger partial charge on any atom is -0.348 e. The molecule has 2 nitrogen and oxygen atoms in total. The Kier molecular flexibility index (Phi) is 52.9. The maximum absolute atomic E-state index is 10.1. The summed E-state index contributed by atoms with van der Waals surface area (Å²) >= 11 is 0. The third-order valence-corrected chi connectivity index (χ3v) is 17.3. The average molecular weight is 1110 g/mol. The van der Waals surface area contributed by atoms with E-state index in [2.05, 4.69) is 111 Å². The van der Waals surface area contributed by atoms with Crippen LogP contribution in [0.4, 0.5) is 0 Å². The molecule has 0 aromatic heterocycles. The standard InChI is InChI=1S/C79H130N2/c1-5-9-13-16-18-20-22-24-26-28-30-32-34-35-36-37-38-40-42-44-46-48-50-52-54-56-59-65-74-67-61-63-71-77(74)79(78(69-12-8-4)75(72-81-80)68-57-15-11-7-3)76-70-62-60-66-73(76)64-58-55-53-51-49-47-45-43-41-39-33-31-29-27-25-23-21-19-17-14-10-6-2/h60-63,66-67,70-71H,5-52,57-59,64-65,68-69H2,1-4H3. The van der Waals surface area contributed by atoms with Gasteiger partial charge in [-0.25, -0.2) is 0 Å². The first-order chi connectivity index (χ1) is 40.2. The maximum atomic E-state index is 10.1. The summed E-state index contributed by atoms with van der Waals surface area (Å²) in [5, 5.41) is 0. The number of nitrogens with zero attached hydrogens (tertiary/aromatic N) is 2. The third kappa shape index (κ3) is 42.0. The highest BCUT2D eigenvalue weighted by Crippen LogP contribution is 2.38. The summed E-state index contributed by atoms with van der Waals surface area (Å²) in [5.74, 6) is 17.5. The van der Waals surface area contributed by atoms with Crippen molar-refractivity contribution in [3.05, 3.63) is 87.5 Å². The highest BCUT2D eigenvalue weighted by Gasteiger charge is 2.22. The van der Waals surface area contributed by atoms with Crippen LogP contribution in [0.1, 0.15) is 390 Å². The minimum absolute atomic E-state index is 0.863. The van der Waals surface area contributed by atoms with E-state index in [0.717, 1.165) is 76.2 Å². The van der Waals surface area contributed by atoms with Crippen LogP contribution >= 0.6 is 0 Å². The number of aryl methyl sites for hydroxylation is 2. The fourth-order valence-corrected chi connectivity index (χ4v) is 12.1. The molecule has 2 aromatic rings. The molecule has 81 heavy (non-hydrogen) atoms. The van der Waals surface area contributed by atoms with Crippen molar-refractivity contribution in [1.82, 2.24) is 0 Å². The van der Waals surface area contributed by atoms with Crippen molar-refractivity contribution >= 4 is 11.4 Å². The Balaban J connectivity index is 1.87. The van der Waals surface area contributed by atoms with Crippen LogP contribution in [0, 0.1) is 23.7 Å². The van der Waals surface area contributed by atoms with E-state index in [1.807, 2.05) is 0 Å². The number of allylic oxidation sites excluding steroid dienone is 2. The molecule has 0 aliphatic carbocycles. The lowest BCUT2D eigenvalue weighted by Crippen LogP contribution is -2.05. The molecule has 0 spiro atoms. The molecule has 0 radical (unpaired) electrons. The molecule has 0 aliphatic rings. The number of rotatable bonds is 56. The number of unbranched alkanes of at least 4 members (excludes halogenated alkanes) is 45. The van der Waals surface area contributed by atoms with Crippen LogP contribution in [0.15, 0.2) is 59.7 Å². The zero-order valence-electron chi connectivity index (χ0n) is 54.4. The smallest absolute Gasteiger partial charge is 0.303 e. The van der Waals surface area contributed by atoms with Gasteiger partial charge in [0.1, 0.15) is 0 Å². The summed E-state index contributed by atoms with van der Waals surface area (Å²) in [5.41, 5.74) is 19.0. The first-order valence-electron chi connectivity index (χ1n) is 36.0. The van der Waals surface area contributed by atoms with Gasteiger partial charge in [0.15, 0.2) is 0 Å². The van der Waals surface area contributed by atoms with Gasteiger partial charge in [-0.3, -0.25) is 0 Å². The monoisotopic (exact) mass is 1110 g/mol.